The average molecular weight is 412 g/mol. The van der Waals surface area contributed by atoms with Crippen LogP contribution in [0, 0.1) is 20.8 Å². The molecule has 7 heteroatoms. The molecule has 0 saturated carbocycles. The first-order chi connectivity index (χ1) is 13.9. The van der Waals surface area contributed by atoms with Gasteiger partial charge in [-0.15, -0.1) is 0 Å². The molecule has 2 heterocycles. The second kappa shape index (κ2) is 7.79. The zero-order valence-corrected chi connectivity index (χ0v) is 17.3. The number of hydrogen-bond donors (Lipinski definition) is 1. The number of amides is 1. The van der Waals surface area contributed by atoms with Gasteiger partial charge in [0.2, 0.25) is 5.91 Å². The van der Waals surface area contributed by atoms with Gasteiger partial charge in [0.15, 0.2) is 11.5 Å². The van der Waals surface area contributed by atoms with Gasteiger partial charge < -0.3 is 14.8 Å². The summed E-state index contributed by atoms with van der Waals surface area (Å²) >= 11 is 6.26. The maximum atomic E-state index is 12.7. The van der Waals surface area contributed by atoms with Crippen molar-refractivity contribution >= 4 is 23.2 Å². The van der Waals surface area contributed by atoms with Gasteiger partial charge in [-0.05, 0) is 50.6 Å². The van der Waals surface area contributed by atoms with E-state index in [9.17, 15) is 4.79 Å². The SMILES string of the molecule is Cc1ccc(-n2nc(C)c(CC(=O)Nc3ccc4c(c3)OCCO4)c2C)cc1Cl. The summed E-state index contributed by atoms with van der Waals surface area (Å²) in [5.41, 5.74) is 5.19. The summed E-state index contributed by atoms with van der Waals surface area (Å²) in [5.74, 6) is 1.22. The van der Waals surface area contributed by atoms with Gasteiger partial charge in [-0.3, -0.25) is 4.79 Å². The lowest BCUT2D eigenvalue weighted by molar-refractivity contribution is -0.115. The van der Waals surface area contributed by atoms with Crippen LogP contribution in [0.15, 0.2) is 36.4 Å². The van der Waals surface area contributed by atoms with Crippen LogP contribution in [-0.2, 0) is 11.2 Å². The van der Waals surface area contributed by atoms with Crippen molar-refractivity contribution in [3.63, 3.8) is 0 Å². The van der Waals surface area contributed by atoms with E-state index in [1.54, 1.807) is 12.1 Å². The third kappa shape index (κ3) is 3.93. The minimum atomic E-state index is -0.116. The van der Waals surface area contributed by atoms with Crippen LogP contribution in [0.5, 0.6) is 11.5 Å². The van der Waals surface area contributed by atoms with Gasteiger partial charge in [0.05, 0.1) is 17.8 Å². The van der Waals surface area contributed by atoms with Crippen LogP contribution in [0.25, 0.3) is 5.69 Å². The molecule has 1 amide bonds. The van der Waals surface area contributed by atoms with E-state index in [1.165, 1.54) is 0 Å². The monoisotopic (exact) mass is 411 g/mol. The maximum Gasteiger partial charge on any atom is 0.228 e. The Morgan fingerprint density at radius 1 is 1.10 bits per heavy atom. The fourth-order valence-corrected chi connectivity index (χ4v) is 3.56. The minimum absolute atomic E-state index is 0.116. The third-order valence-corrected chi connectivity index (χ3v) is 5.41. The molecule has 0 bridgehead atoms. The van der Waals surface area contributed by atoms with Crippen molar-refractivity contribution in [3.05, 3.63) is 63.9 Å². The number of hydrogen-bond acceptors (Lipinski definition) is 4. The highest BCUT2D eigenvalue weighted by Gasteiger charge is 2.18. The quantitative estimate of drug-likeness (QED) is 0.690. The number of benzene rings is 2. The Bertz CT molecular complexity index is 1090. The van der Waals surface area contributed by atoms with Gasteiger partial charge in [0.25, 0.3) is 0 Å². The summed E-state index contributed by atoms with van der Waals surface area (Å²) in [4.78, 5) is 12.7. The molecule has 1 aliphatic heterocycles. The largest absolute Gasteiger partial charge is 0.486 e. The molecule has 0 saturated heterocycles. The molecule has 150 valence electrons. The molecule has 0 unspecified atom stereocenters. The number of carbonyl (C=O) groups excluding carboxylic acids is 1. The maximum absolute atomic E-state index is 12.7. The fraction of sp³-hybridized carbons (Fsp3) is 0.273. The molecule has 0 fully saturated rings. The summed E-state index contributed by atoms with van der Waals surface area (Å²) in [6.45, 7) is 6.87. The predicted molar refractivity (Wildman–Crippen MR) is 113 cm³/mol. The Labute approximate surface area is 174 Å². The zero-order chi connectivity index (χ0) is 20.5. The molecule has 0 atom stereocenters. The number of nitrogens with zero attached hydrogens (tertiary/aromatic N) is 2. The zero-order valence-electron chi connectivity index (χ0n) is 16.6. The van der Waals surface area contributed by atoms with E-state index in [1.807, 2.05) is 49.7 Å². The summed E-state index contributed by atoms with van der Waals surface area (Å²) in [6.07, 6.45) is 0.228. The Morgan fingerprint density at radius 3 is 2.62 bits per heavy atom. The van der Waals surface area contributed by atoms with Crippen molar-refractivity contribution in [3.8, 4) is 17.2 Å². The summed E-state index contributed by atoms with van der Waals surface area (Å²) < 4.78 is 12.9. The number of nitrogens with one attached hydrogen (secondary N) is 1. The van der Waals surface area contributed by atoms with E-state index >= 15 is 0 Å². The molecule has 3 aromatic rings. The third-order valence-electron chi connectivity index (χ3n) is 5.00. The van der Waals surface area contributed by atoms with E-state index in [4.69, 9.17) is 21.1 Å². The first-order valence-corrected chi connectivity index (χ1v) is 9.81. The topological polar surface area (TPSA) is 65.4 Å². The van der Waals surface area contributed by atoms with Crippen LogP contribution in [0.2, 0.25) is 5.02 Å². The first kappa shape index (κ1) is 19.3. The number of fused-ring (bicyclic) bond motifs is 1. The van der Waals surface area contributed by atoms with Crippen LogP contribution in [0.1, 0.15) is 22.5 Å². The molecule has 2 aromatic carbocycles. The van der Waals surface area contributed by atoms with Crippen molar-refractivity contribution in [2.45, 2.75) is 27.2 Å². The number of anilines is 1. The Kier molecular flexibility index (Phi) is 5.20. The molecule has 1 aliphatic rings. The Balaban J connectivity index is 1.53. The highest BCUT2D eigenvalue weighted by atomic mass is 35.5. The minimum Gasteiger partial charge on any atom is -0.486 e. The first-order valence-electron chi connectivity index (χ1n) is 9.43. The summed E-state index contributed by atoms with van der Waals surface area (Å²) in [7, 11) is 0. The molecule has 0 spiro atoms. The number of halogens is 1. The van der Waals surface area contributed by atoms with Gasteiger partial charge in [-0.25, -0.2) is 4.68 Å². The molecule has 0 radical (unpaired) electrons. The molecule has 0 aliphatic carbocycles. The van der Waals surface area contributed by atoms with Gasteiger partial charge >= 0.3 is 0 Å². The van der Waals surface area contributed by atoms with Crippen molar-refractivity contribution < 1.29 is 14.3 Å². The lowest BCUT2D eigenvalue weighted by atomic mass is 10.1. The highest BCUT2D eigenvalue weighted by molar-refractivity contribution is 6.31. The van der Waals surface area contributed by atoms with Crippen molar-refractivity contribution in [2.75, 3.05) is 18.5 Å². The molecule has 1 aromatic heterocycles. The van der Waals surface area contributed by atoms with E-state index in [-0.39, 0.29) is 12.3 Å². The van der Waals surface area contributed by atoms with E-state index in [2.05, 4.69) is 10.4 Å². The molecular formula is C22H22ClN3O3. The van der Waals surface area contributed by atoms with Crippen molar-refractivity contribution in [1.29, 1.82) is 0 Å². The van der Waals surface area contributed by atoms with Crippen LogP contribution in [0.4, 0.5) is 5.69 Å². The molecule has 29 heavy (non-hydrogen) atoms. The standard InChI is InChI=1S/C22H22ClN3O3/c1-13-4-6-17(11-19(13)23)26-15(3)18(14(2)25-26)12-22(27)24-16-5-7-20-21(10-16)29-9-8-28-20/h4-7,10-11H,8-9,12H2,1-3H3,(H,24,27). The van der Waals surface area contributed by atoms with Crippen LogP contribution in [0.3, 0.4) is 0 Å². The van der Waals surface area contributed by atoms with Gasteiger partial charge in [0, 0.05) is 28.0 Å². The molecular weight excluding hydrogens is 390 g/mol. The van der Waals surface area contributed by atoms with Gasteiger partial charge in [0.1, 0.15) is 13.2 Å². The van der Waals surface area contributed by atoms with E-state index in [0.717, 1.165) is 28.2 Å². The Hall–Kier alpha value is -2.99. The fourth-order valence-electron chi connectivity index (χ4n) is 3.38. The lowest BCUT2D eigenvalue weighted by Crippen LogP contribution is -2.17. The highest BCUT2D eigenvalue weighted by Crippen LogP contribution is 2.32. The average Bonchev–Trinajstić information content (AvgIpc) is 2.98. The molecule has 4 rings (SSSR count). The van der Waals surface area contributed by atoms with Crippen LogP contribution in [-0.4, -0.2) is 28.9 Å². The molecule has 1 N–H and O–H groups in total. The van der Waals surface area contributed by atoms with E-state index in [0.29, 0.717) is 35.4 Å². The summed E-state index contributed by atoms with van der Waals surface area (Å²) in [6, 6.07) is 11.2. The number of ether oxygens (including phenoxy) is 2. The second-order valence-corrected chi connectivity index (χ2v) is 7.49. The second-order valence-electron chi connectivity index (χ2n) is 7.08. The smallest absolute Gasteiger partial charge is 0.228 e. The van der Waals surface area contributed by atoms with Crippen LogP contribution < -0.4 is 14.8 Å². The normalized spacial score (nSPS) is 12.7. The van der Waals surface area contributed by atoms with Crippen molar-refractivity contribution in [1.82, 2.24) is 9.78 Å². The number of aromatic nitrogens is 2. The summed E-state index contributed by atoms with van der Waals surface area (Å²) in [5, 5.41) is 8.23. The number of rotatable bonds is 4. The number of carbonyl (C=O) groups is 1. The predicted octanol–water partition coefficient (Wildman–Crippen LogP) is 4.40. The Morgan fingerprint density at radius 2 is 1.86 bits per heavy atom. The molecule has 6 nitrogen and oxygen atoms in total. The van der Waals surface area contributed by atoms with Gasteiger partial charge in [-0.2, -0.15) is 5.10 Å². The van der Waals surface area contributed by atoms with Crippen LogP contribution >= 0.6 is 11.6 Å². The van der Waals surface area contributed by atoms with E-state index < -0.39 is 0 Å². The van der Waals surface area contributed by atoms with Crippen molar-refractivity contribution in [2.24, 2.45) is 0 Å². The lowest BCUT2D eigenvalue weighted by Gasteiger charge is -2.19. The number of aryl methyl sites for hydroxylation is 2. The van der Waals surface area contributed by atoms with Gasteiger partial charge in [-0.1, -0.05) is 17.7 Å².